The Hall–Kier alpha value is -3.79. The van der Waals surface area contributed by atoms with E-state index < -0.39 is 5.82 Å². The number of hydrogen-bond acceptors (Lipinski definition) is 2. The van der Waals surface area contributed by atoms with Gasteiger partial charge in [-0.05, 0) is 100 Å². The monoisotopic (exact) mass is 565 g/mol. The van der Waals surface area contributed by atoms with Crippen molar-refractivity contribution in [3.8, 4) is 28.3 Å². The summed E-state index contributed by atoms with van der Waals surface area (Å²) in [5.41, 5.74) is 6.88. The molecule has 0 amide bonds. The van der Waals surface area contributed by atoms with Gasteiger partial charge < -0.3 is 14.8 Å². The van der Waals surface area contributed by atoms with E-state index >= 15 is 0 Å². The highest BCUT2D eigenvalue weighted by Gasteiger charge is 2.27. The van der Waals surface area contributed by atoms with Crippen molar-refractivity contribution in [2.24, 2.45) is 0 Å². The molecule has 0 bridgehead atoms. The second-order valence-corrected chi connectivity index (χ2v) is 14.5. The van der Waals surface area contributed by atoms with Gasteiger partial charge in [0.25, 0.3) is 0 Å². The summed E-state index contributed by atoms with van der Waals surface area (Å²) in [6.07, 6.45) is 0.863. The van der Waals surface area contributed by atoms with Crippen LogP contribution in [-0.4, -0.2) is 14.8 Å². The first-order valence-corrected chi connectivity index (χ1v) is 14.9. The number of fused-ring (bicyclic) bond motifs is 3. The quantitative estimate of drug-likeness (QED) is 0.228. The number of aromatic hydroxyl groups is 2. The van der Waals surface area contributed by atoms with Crippen LogP contribution in [0.4, 0.5) is 4.39 Å². The molecule has 0 spiro atoms. The summed E-state index contributed by atoms with van der Waals surface area (Å²) in [6, 6.07) is 19.8. The standard InChI is InChI=1S/C38H44FNO2/c1-11-38(9,10)25-19-29(30-21-26(39)16-22(2)34(30)41)35(42)33(20-25)40-31-14-12-23(36(3,4)5)17-27(31)28-18-24(37(6,7)8)13-15-32(28)40/h12-21,41-42H,11H2,1-10H3. The van der Waals surface area contributed by atoms with Crippen molar-refractivity contribution in [1.29, 1.82) is 0 Å². The molecular formula is C38H44FNO2. The van der Waals surface area contributed by atoms with Crippen LogP contribution in [0.25, 0.3) is 38.6 Å². The van der Waals surface area contributed by atoms with E-state index in [1.165, 1.54) is 23.3 Å². The maximum absolute atomic E-state index is 14.7. The number of aryl methyl sites for hydroxylation is 1. The molecule has 5 rings (SSSR count). The SMILES string of the molecule is CCC(C)(C)c1cc(-c2cc(F)cc(C)c2O)c(O)c(-n2c3ccc(C(C)(C)C)cc3c3cc(C(C)(C)C)ccc32)c1. The number of halogens is 1. The van der Waals surface area contributed by atoms with Gasteiger partial charge >= 0.3 is 0 Å². The summed E-state index contributed by atoms with van der Waals surface area (Å²) >= 11 is 0. The fourth-order valence-corrected chi connectivity index (χ4v) is 5.75. The predicted octanol–water partition coefficient (Wildman–Crippen LogP) is 10.6. The van der Waals surface area contributed by atoms with Crippen LogP contribution in [0, 0.1) is 12.7 Å². The molecule has 0 fully saturated rings. The van der Waals surface area contributed by atoms with Gasteiger partial charge in [0, 0.05) is 21.9 Å². The highest BCUT2D eigenvalue weighted by Crippen LogP contribution is 2.46. The Morgan fingerprint density at radius 2 is 1.14 bits per heavy atom. The zero-order valence-corrected chi connectivity index (χ0v) is 26.7. The third kappa shape index (κ3) is 4.95. The molecular weight excluding hydrogens is 521 g/mol. The topological polar surface area (TPSA) is 45.4 Å². The van der Waals surface area contributed by atoms with E-state index in [1.54, 1.807) is 6.92 Å². The van der Waals surface area contributed by atoms with E-state index in [0.29, 0.717) is 16.8 Å². The average Bonchev–Trinajstić information content (AvgIpc) is 3.23. The largest absolute Gasteiger partial charge is 0.507 e. The van der Waals surface area contributed by atoms with Gasteiger partial charge in [-0.25, -0.2) is 4.39 Å². The number of phenols is 2. The molecule has 1 aromatic heterocycles. The molecule has 4 heteroatoms. The third-order valence-corrected chi connectivity index (χ3v) is 9.05. The highest BCUT2D eigenvalue weighted by molar-refractivity contribution is 6.10. The van der Waals surface area contributed by atoms with E-state index in [2.05, 4.69) is 109 Å². The summed E-state index contributed by atoms with van der Waals surface area (Å²) in [5, 5.41) is 25.3. The molecule has 0 saturated carbocycles. The smallest absolute Gasteiger partial charge is 0.147 e. The van der Waals surface area contributed by atoms with Gasteiger partial charge in [-0.15, -0.1) is 0 Å². The minimum absolute atomic E-state index is 0.00421. The van der Waals surface area contributed by atoms with E-state index in [0.717, 1.165) is 33.8 Å². The van der Waals surface area contributed by atoms with E-state index in [-0.39, 0.29) is 33.3 Å². The molecule has 0 atom stereocenters. The predicted molar refractivity (Wildman–Crippen MR) is 175 cm³/mol. The number of hydrogen-bond donors (Lipinski definition) is 2. The Labute approximate surface area is 249 Å². The fourth-order valence-electron chi connectivity index (χ4n) is 5.75. The molecule has 4 aromatic carbocycles. The van der Waals surface area contributed by atoms with Crippen molar-refractivity contribution >= 4 is 21.8 Å². The Kier molecular flexibility index (Phi) is 7.00. The van der Waals surface area contributed by atoms with Gasteiger partial charge in [-0.2, -0.15) is 0 Å². The summed E-state index contributed by atoms with van der Waals surface area (Å²) in [4.78, 5) is 0. The molecule has 2 N–H and O–H groups in total. The first-order valence-electron chi connectivity index (χ1n) is 14.9. The fraction of sp³-hybridized carbons (Fsp3) is 0.368. The third-order valence-electron chi connectivity index (χ3n) is 9.05. The van der Waals surface area contributed by atoms with E-state index in [4.69, 9.17) is 0 Å². The van der Waals surface area contributed by atoms with Gasteiger partial charge in [0.2, 0.25) is 0 Å². The molecule has 0 unspecified atom stereocenters. The lowest BCUT2D eigenvalue weighted by molar-refractivity contribution is 0.462. The zero-order valence-electron chi connectivity index (χ0n) is 26.7. The van der Waals surface area contributed by atoms with Crippen molar-refractivity contribution < 1.29 is 14.6 Å². The maximum atomic E-state index is 14.7. The maximum Gasteiger partial charge on any atom is 0.147 e. The van der Waals surface area contributed by atoms with Crippen LogP contribution >= 0.6 is 0 Å². The minimum Gasteiger partial charge on any atom is -0.507 e. The van der Waals surface area contributed by atoms with E-state index in [1.807, 2.05) is 6.07 Å². The summed E-state index contributed by atoms with van der Waals surface area (Å²) in [5.74, 6) is -0.483. The molecule has 220 valence electrons. The van der Waals surface area contributed by atoms with Gasteiger partial charge in [0.1, 0.15) is 17.3 Å². The second-order valence-electron chi connectivity index (χ2n) is 14.5. The van der Waals surface area contributed by atoms with Crippen molar-refractivity contribution in [2.45, 2.75) is 91.9 Å². The molecule has 0 radical (unpaired) electrons. The molecule has 1 heterocycles. The summed E-state index contributed by atoms with van der Waals surface area (Å²) < 4.78 is 16.8. The highest BCUT2D eigenvalue weighted by atomic mass is 19.1. The molecule has 3 nitrogen and oxygen atoms in total. The molecule has 42 heavy (non-hydrogen) atoms. The number of phenolic OH excluding ortho intramolecular Hbond substituents is 2. The minimum atomic E-state index is -0.456. The Morgan fingerprint density at radius 1 is 0.643 bits per heavy atom. The van der Waals surface area contributed by atoms with Crippen molar-refractivity contribution in [3.63, 3.8) is 0 Å². The van der Waals surface area contributed by atoms with Gasteiger partial charge in [-0.3, -0.25) is 0 Å². The number of benzene rings is 4. The Morgan fingerprint density at radius 3 is 1.62 bits per heavy atom. The molecule has 0 aliphatic heterocycles. The normalized spacial score (nSPS) is 12.9. The number of nitrogens with zero attached hydrogens (tertiary/aromatic N) is 1. The van der Waals surface area contributed by atoms with Crippen LogP contribution in [-0.2, 0) is 16.2 Å². The van der Waals surface area contributed by atoms with Gasteiger partial charge in [0.05, 0.1) is 16.7 Å². The van der Waals surface area contributed by atoms with Crippen LogP contribution < -0.4 is 0 Å². The lowest BCUT2D eigenvalue weighted by atomic mass is 9.80. The van der Waals surface area contributed by atoms with Crippen LogP contribution in [0.15, 0.2) is 60.7 Å². The van der Waals surface area contributed by atoms with Crippen LogP contribution in [0.5, 0.6) is 11.5 Å². The Balaban J connectivity index is 1.95. The molecule has 0 aliphatic rings. The molecule has 0 saturated heterocycles. The molecule has 0 aliphatic carbocycles. The van der Waals surface area contributed by atoms with Gasteiger partial charge in [-0.1, -0.05) is 74.4 Å². The van der Waals surface area contributed by atoms with Crippen molar-refractivity contribution in [3.05, 3.63) is 88.7 Å². The van der Waals surface area contributed by atoms with E-state index in [9.17, 15) is 14.6 Å². The van der Waals surface area contributed by atoms with Crippen molar-refractivity contribution in [1.82, 2.24) is 4.57 Å². The van der Waals surface area contributed by atoms with Crippen LogP contribution in [0.2, 0.25) is 0 Å². The lowest BCUT2D eigenvalue weighted by Crippen LogP contribution is -2.16. The van der Waals surface area contributed by atoms with Crippen molar-refractivity contribution in [2.75, 3.05) is 0 Å². The average molecular weight is 566 g/mol. The summed E-state index contributed by atoms with van der Waals surface area (Å²) in [7, 11) is 0. The zero-order chi connectivity index (χ0) is 30.9. The van der Waals surface area contributed by atoms with Gasteiger partial charge in [0.15, 0.2) is 0 Å². The first-order chi connectivity index (χ1) is 19.4. The first kappa shape index (κ1) is 29.7. The lowest BCUT2D eigenvalue weighted by Gasteiger charge is -2.26. The van der Waals surface area contributed by atoms with Crippen LogP contribution in [0.3, 0.4) is 0 Å². The molecule has 5 aromatic rings. The Bertz CT molecular complexity index is 1770. The second kappa shape index (κ2) is 9.90. The summed E-state index contributed by atoms with van der Waals surface area (Å²) in [6.45, 7) is 21.5. The van der Waals surface area contributed by atoms with Crippen LogP contribution in [0.1, 0.15) is 91.0 Å². The number of aromatic nitrogens is 1. The number of rotatable bonds is 4.